The van der Waals surface area contributed by atoms with Gasteiger partial charge >= 0.3 is 0 Å². The highest BCUT2D eigenvalue weighted by Gasteiger charge is 2.34. The Morgan fingerprint density at radius 2 is 1.71 bits per heavy atom. The number of methoxy groups -OCH3 is 1. The summed E-state index contributed by atoms with van der Waals surface area (Å²) in [5, 5.41) is 3.89. The van der Waals surface area contributed by atoms with Gasteiger partial charge < -0.3 is 15.0 Å². The average Bonchev–Trinajstić information content (AvgIpc) is 3.31. The Morgan fingerprint density at radius 1 is 1.00 bits per heavy atom. The number of aromatic nitrogens is 1. The number of para-hydroxylation sites is 1. The van der Waals surface area contributed by atoms with Crippen LogP contribution in [0.4, 0.5) is 5.69 Å². The number of alkyl halides is 1. The van der Waals surface area contributed by atoms with Crippen molar-refractivity contribution in [2.45, 2.75) is 12.5 Å². The Bertz CT molecular complexity index is 1260. The molecule has 2 amide bonds. The topological polar surface area (TPSA) is 74.4 Å². The van der Waals surface area contributed by atoms with Crippen molar-refractivity contribution < 1.29 is 14.3 Å². The summed E-state index contributed by atoms with van der Waals surface area (Å²) in [5.74, 6) is -0.268. The molecule has 174 valence electrons. The van der Waals surface area contributed by atoms with Crippen LogP contribution in [-0.4, -0.2) is 36.3 Å². The fraction of sp³-hybridized carbons (Fsp3) is 0.185. The van der Waals surface area contributed by atoms with E-state index in [2.05, 4.69) is 10.3 Å². The Kier molecular flexibility index (Phi) is 7.50. The summed E-state index contributed by atoms with van der Waals surface area (Å²) < 4.78 is 5.25. The number of ether oxygens (including phenoxy) is 1. The minimum Gasteiger partial charge on any atom is -0.497 e. The number of benzene rings is 3. The first kappa shape index (κ1) is 23.4. The summed E-state index contributed by atoms with van der Waals surface area (Å²) >= 11 is 6.01. The van der Waals surface area contributed by atoms with Gasteiger partial charge in [0.1, 0.15) is 17.7 Å². The average molecular weight is 476 g/mol. The molecule has 0 saturated carbocycles. The second-order valence-electron chi connectivity index (χ2n) is 7.81. The second-order valence-corrected chi connectivity index (χ2v) is 8.08. The minimum atomic E-state index is -0.911. The van der Waals surface area contributed by atoms with E-state index in [1.165, 1.54) is 4.90 Å². The van der Waals surface area contributed by atoms with Gasteiger partial charge in [-0.05, 0) is 42.3 Å². The molecule has 0 fully saturated rings. The third-order valence-electron chi connectivity index (χ3n) is 5.71. The smallest absolute Gasteiger partial charge is 0.247 e. The Morgan fingerprint density at radius 3 is 2.41 bits per heavy atom. The highest BCUT2D eigenvalue weighted by molar-refractivity contribution is 6.30. The molecule has 1 unspecified atom stereocenters. The number of carbonyl (C=O) groups excluding carboxylic acids is 2. The van der Waals surface area contributed by atoms with Crippen LogP contribution < -0.4 is 15.0 Å². The van der Waals surface area contributed by atoms with Crippen LogP contribution in [-0.2, 0) is 16.0 Å². The molecule has 0 aliphatic carbocycles. The van der Waals surface area contributed by atoms with E-state index in [0.29, 0.717) is 30.0 Å². The Labute approximate surface area is 203 Å². The number of anilines is 1. The molecule has 1 heterocycles. The molecule has 7 heteroatoms. The van der Waals surface area contributed by atoms with Crippen LogP contribution in [0.5, 0.6) is 5.75 Å². The Hall–Kier alpha value is -3.77. The molecule has 34 heavy (non-hydrogen) atoms. The number of nitrogens with one attached hydrogen (secondary N) is 2. The number of hydrogen-bond acceptors (Lipinski definition) is 3. The van der Waals surface area contributed by atoms with Gasteiger partial charge in [0.05, 0.1) is 7.11 Å². The number of amides is 2. The monoisotopic (exact) mass is 475 g/mol. The number of carbonyl (C=O) groups is 2. The van der Waals surface area contributed by atoms with Gasteiger partial charge in [-0.1, -0.05) is 48.5 Å². The molecule has 1 aromatic heterocycles. The SMILES string of the molecule is COc1ccc(N(C(=O)CCl)C(C(=O)NCCc2ccccc2)c2c[nH]c3ccccc23)cc1. The van der Waals surface area contributed by atoms with Crippen LogP contribution in [0, 0.1) is 0 Å². The third-order valence-corrected chi connectivity index (χ3v) is 5.94. The van der Waals surface area contributed by atoms with E-state index in [-0.39, 0.29) is 17.7 Å². The second kappa shape index (κ2) is 10.9. The molecule has 3 aromatic carbocycles. The number of rotatable bonds is 9. The molecule has 2 N–H and O–H groups in total. The fourth-order valence-corrected chi connectivity index (χ4v) is 4.16. The normalized spacial score (nSPS) is 11.7. The van der Waals surface area contributed by atoms with Crippen molar-refractivity contribution in [1.82, 2.24) is 10.3 Å². The number of H-pyrrole nitrogens is 1. The van der Waals surface area contributed by atoms with Crippen molar-refractivity contribution in [2.75, 3.05) is 24.4 Å². The summed E-state index contributed by atoms with van der Waals surface area (Å²) in [6.45, 7) is 0.438. The molecule has 0 aliphatic heterocycles. The lowest BCUT2D eigenvalue weighted by atomic mass is 10.0. The maximum Gasteiger partial charge on any atom is 0.247 e. The predicted molar refractivity (Wildman–Crippen MR) is 135 cm³/mol. The minimum absolute atomic E-state index is 0.262. The van der Waals surface area contributed by atoms with Crippen LogP contribution in [0.25, 0.3) is 10.9 Å². The zero-order valence-electron chi connectivity index (χ0n) is 18.8. The summed E-state index contributed by atoms with van der Waals surface area (Å²) in [7, 11) is 1.58. The molecule has 4 rings (SSSR count). The van der Waals surface area contributed by atoms with Crippen LogP contribution in [0.2, 0.25) is 0 Å². The fourth-order valence-electron chi connectivity index (χ4n) is 4.03. The van der Waals surface area contributed by atoms with Gasteiger partial charge in [-0.3, -0.25) is 14.5 Å². The maximum atomic E-state index is 13.6. The summed E-state index contributed by atoms with van der Waals surface area (Å²) in [6, 6.07) is 23.7. The lowest BCUT2D eigenvalue weighted by Gasteiger charge is -2.31. The molecular formula is C27H26ClN3O3. The molecule has 0 radical (unpaired) electrons. The van der Waals surface area contributed by atoms with E-state index in [4.69, 9.17) is 16.3 Å². The lowest BCUT2D eigenvalue weighted by molar-refractivity contribution is -0.125. The number of aromatic amines is 1. The first-order valence-corrected chi connectivity index (χ1v) is 11.6. The van der Waals surface area contributed by atoms with E-state index >= 15 is 0 Å². The Balaban J connectivity index is 1.71. The highest BCUT2D eigenvalue weighted by Crippen LogP contribution is 2.33. The van der Waals surface area contributed by atoms with E-state index in [9.17, 15) is 9.59 Å². The van der Waals surface area contributed by atoms with Gasteiger partial charge in [-0.25, -0.2) is 0 Å². The molecule has 0 spiro atoms. The quantitative estimate of drug-likeness (QED) is 0.340. The third kappa shape index (κ3) is 5.07. The maximum absolute atomic E-state index is 13.6. The van der Waals surface area contributed by atoms with E-state index in [0.717, 1.165) is 16.5 Å². The molecule has 4 aromatic rings. The van der Waals surface area contributed by atoms with Crippen molar-refractivity contribution in [3.05, 3.63) is 96.2 Å². The van der Waals surface area contributed by atoms with Crippen molar-refractivity contribution in [2.24, 2.45) is 0 Å². The van der Waals surface area contributed by atoms with Gasteiger partial charge in [0.2, 0.25) is 11.8 Å². The number of halogens is 1. The van der Waals surface area contributed by atoms with Gasteiger partial charge in [-0.15, -0.1) is 11.6 Å². The number of nitrogens with zero attached hydrogens (tertiary/aromatic N) is 1. The van der Waals surface area contributed by atoms with Crippen LogP contribution >= 0.6 is 11.6 Å². The first-order chi connectivity index (χ1) is 16.6. The van der Waals surface area contributed by atoms with Gasteiger partial charge in [0, 0.05) is 34.9 Å². The largest absolute Gasteiger partial charge is 0.497 e. The van der Waals surface area contributed by atoms with Crippen molar-refractivity contribution in [3.8, 4) is 5.75 Å². The van der Waals surface area contributed by atoms with Crippen LogP contribution in [0.1, 0.15) is 17.2 Å². The molecule has 6 nitrogen and oxygen atoms in total. The number of hydrogen-bond donors (Lipinski definition) is 2. The van der Waals surface area contributed by atoms with Crippen molar-refractivity contribution in [3.63, 3.8) is 0 Å². The van der Waals surface area contributed by atoms with E-state index in [1.54, 1.807) is 37.6 Å². The summed E-state index contributed by atoms with van der Waals surface area (Å²) in [6.07, 6.45) is 2.46. The molecule has 0 aliphatic rings. The van der Waals surface area contributed by atoms with Crippen LogP contribution in [0.3, 0.4) is 0 Å². The highest BCUT2D eigenvalue weighted by atomic mass is 35.5. The van der Waals surface area contributed by atoms with Crippen molar-refractivity contribution >= 4 is 40.0 Å². The molecule has 0 saturated heterocycles. The van der Waals surface area contributed by atoms with Crippen molar-refractivity contribution in [1.29, 1.82) is 0 Å². The molecule has 1 atom stereocenters. The van der Waals surface area contributed by atoms with Crippen LogP contribution in [0.15, 0.2) is 85.1 Å². The lowest BCUT2D eigenvalue weighted by Crippen LogP contribution is -2.45. The zero-order valence-corrected chi connectivity index (χ0v) is 19.6. The van der Waals surface area contributed by atoms with E-state index < -0.39 is 6.04 Å². The standard InChI is InChI=1S/C27H26ClN3O3/c1-34-21-13-11-20(12-14-21)31(25(32)17-28)26(23-18-30-24-10-6-5-9-22(23)24)27(33)29-16-15-19-7-3-2-4-8-19/h2-14,18,26,30H,15-17H2,1H3,(H,29,33). The van der Waals surface area contributed by atoms with Gasteiger partial charge in [0.15, 0.2) is 0 Å². The van der Waals surface area contributed by atoms with Gasteiger partial charge in [-0.2, -0.15) is 0 Å². The summed E-state index contributed by atoms with van der Waals surface area (Å²) in [5.41, 5.74) is 3.25. The molecular weight excluding hydrogens is 450 g/mol. The zero-order chi connectivity index (χ0) is 23.9. The summed E-state index contributed by atoms with van der Waals surface area (Å²) in [4.78, 5) is 31.4. The predicted octanol–water partition coefficient (Wildman–Crippen LogP) is 4.85. The van der Waals surface area contributed by atoms with Gasteiger partial charge in [0.25, 0.3) is 0 Å². The first-order valence-electron chi connectivity index (χ1n) is 11.0. The van der Waals surface area contributed by atoms with E-state index in [1.807, 2.05) is 54.6 Å². The molecule has 0 bridgehead atoms. The number of fused-ring (bicyclic) bond motifs is 1.